The first-order valence-electron chi connectivity index (χ1n) is 10.5. The fraction of sp³-hybridized carbons (Fsp3) is 0.280. The first kappa shape index (κ1) is 18.8. The molecule has 3 aromatic carbocycles. The Kier molecular flexibility index (Phi) is 5.20. The van der Waals surface area contributed by atoms with Gasteiger partial charge in [0.1, 0.15) is 19.0 Å². The SMILES string of the molecule is Oc1c(CN2CCN(c3cccc4c3OCCO4)CC2)cccc1-c1ccccc1. The number of aromatic hydroxyl groups is 1. The molecule has 0 spiro atoms. The van der Waals surface area contributed by atoms with Gasteiger partial charge in [-0.05, 0) is 17.7 Å². The molecule has 0 amide bonds. The van der Waals surface area contributed by atoms with Crippen molar-refractivity contribution < 1.29 is 14.6 Å². The van der Waals surface area contributed by atoms with Crippen molar-refractivity contribution in [2.45, 2.75) is 6.54 Å². The van der Waals surface area contributed by atoms with Crippen molar-refractivity contribution in [1.29, 1.82) is 0 Å². The van der Waals surface area contributed by atoms with Gasteiger partial charge in [-0.1, -0.05) is 54.6 Å². The Bertz CT molecular complexity index is 1010. The summed E-state index contributed by atoms with van der Waals surface area (Å²) in [6.07, 6.45) is 0. The van der Waals surface area contributed by atoms with Gasteiger partial charge in [-0.2, -0.15) is 0 Å². The minimum absolute atomic E-state index is 0.383. The molecule has 30 heavy (non-hydrogen) atoms. The van der Waals surface area contributed by atoms with Crippen molar-refractivity contribution in [3.05, 3.63) is 72.3 Å². The molecule has 5 rings (SSSR count). The summed E-state index contributed by atoms with van der Waals surface area (Å²) in [5.74, 6) is 2.09. The summed E-state index contributed by atoms with van der Waals surface area (Å²) in [7, 11) is 0. The highest BCUT2D eigenvalue weighted by Crippen LogP contribution is 2.40. The van der Waals surface area contributed by atoms with E-state index in [1.807, 2.05) is 60.7 Å². The lowest BCUT2D eigenvalue weighted by Crippen LogP contribution is -2.46. The maximum absolute atomic E-state index is 10.9. The fourth-order valence-electron chi connectivity index (χ4n) is 4.26. The van der Waals surface area contributed by atoms with Crippen LogP contribution in [0.2, 0.25) is 0 Å². The molecule has 1 N–H and O–H groups in total. The fourth-order valence-corrected chi connectivity index (χ4v) is 4.26. The number of ether oxygens (including phenoxy) is 2. The van der Waals surface area contributed by atoms with Gasteiger partial charge in [0.25, 0.3) is 0 Å². The molecule has 0 aliphatic carbocycles. The maximum Gasteiger partial charge on any atom is 0.184 e. The smallest absolute Gasteiger partial charge is 0.184 e. The highest BCUT2D eigenvalue weighted by molar-refractivity contribution is 5.71. The normalized spacial score (nSPS) is 16.5. The average Bonchev–Trinajstić information content (AvgIpc) is 2.81. The third-order valence-electron chi connectivity index (χ3n) is 5.86. The van der Waals surface area contributed by atoms with Crippen LogP contribution in [-0.2, 0) is 6.54 Å². The monoisotopic (exact) mass is 402 g/mol. The Morgan fingerprint density at radius 3 is 2.37 bits per heavy atom. The number of benzene rings is 3. The van der Waals surface area contributed by atoms with Crippen molar-refractivity contribution in [2.75, 3.05) is 44.3 Å². The number of fused-ring (bicyclic) bond motifs is 1. The summed E-state index contributed by atoms with van der Waals surface area (Å²) < 4.78 is 11.6. The van der Waals surface area contributed by atoms with Crippen LogP contribution in [0, 0.1) is 0 Å². The van der Waals surface area contributed by atoms with Gasteiger partial charge in [-0.15, -0.1) is 0 Å². The third kappa shape index (κ3) is 3.68. The van der Waals surface area contributed by atoms with Gasteiger partial charge in [0.2, 0.25) is 0 Å². The summed E-state index contributed by atoms with van der Waals surface area (Å²) in [6, 6.07) is 22.2. The van der Waals surface area contributed by atoms with Gasteiger partial charge < -0.3 is 19.5 Å². The molecule has 0 bridgehead atoms. The van der Waals surface area contributed by atoms with E-state index in [0.717, 1.165) is 66.6 Å². The number of nitrogens with zero attached hydrogens (tertiary/aromatic N) is 2. The van der Waals surface area contributed by atoms with Gasteiger partial charge >= 0.3 is 0 Å². The van der Waals surface area contributed by atoms with Crippen molar-refractivity contribution in [3.63, 3.8) is 0 Å². The number of piperazine rings is 1. The molecule has 1 fully saturated rings. The van der Waals surface area contributed by atoms with Gasteiger partial charge in [-0.3, -0.25) is 4.90 Å². The molecule has 1 saturated heterocycles. The quantitative estimate of drug-likeness (QED) is 0.710. The first-order valence-corrected chi connectivity index (χ1v) is 10.5. The zero-order valence-electron chi connectivity index (χ0n) is 17.0. The van der Waals surface area contributed by atoms with Gasteiger partial charge in [0.15, 0.2) is 11.5 Å². The summed E-state index contributed by atoms with van der Waals surface area (Å²) >= 11 is 0. The number of hydrogen-bond donors (Lipinski definition) is 1. The highest BCUT2D eigenvalue weighted by Gasteiger charge is 2.24. The number of para-hydroxylation sites is 2. The first-order chi connectivity index (χ1) is 14.8. The van der Waals surface area contributed by atoms with Gasteiger partial charge in [0.05, 0.1) is 5.69 Å². The predicted molar refractivity (Wildman–Crippen MR) is 118 cm³/mol. The van der Waals surface area contributed by atoms with E-state index in [4.69, 9.17) is 9.47 Å². The molecule has 2 heterocycles. The largest absolute Gasteiger partial charge is 0.507 e. The molecule has 0 atom stereocenters. The summed E-state index contributed by atoms with van der Waals surface area (Å²) in [5, 5.41) is 10.9. The minimum Gasteiger partial charge on any atom is -0.507 e. The lowest BCUT2D eigenvalue weighted by atomic mass is 10.0. The van der Waals surface area contributed by atoms with Crippen LogP contribution in [-0.4, -0.2) is 49.4 Å². The van der Waals surface area contributed by atoms with Crippen LogP contribution >= 0.6 is 0 Å². The number of rotatable bonds is 4. The molecule has 5 nitrogen and oxygen atoms in total. The molecule has 0 saturated carbocycles. The molecule has 0 unspecified atom stereocenters. The second-order valence-electron chi connectivity index (χ2n) is 7.74. The van der Waals surface area contributed by atoms with E-state index in [9.17, 15) is 5.11 Å². The molecule has 0 radical (unpaired) electrons. The van der Waals surface area contributed by atoms with E-state index in [1.54, 1.807) is 0 Å². The molecule has 2 aliphatic rings. The number of phenolic OH excluding ortho intramolecular Hbond substituents is 1. The van der Waals surface area contributed by atoms with Crippen molar-refractivity contribution in [1.82, 2.24) is 4.90 Å². The van der Waals surface area contributed by atoms with E-state index in [1.165, 1.54) is 0 Å². The lowest BCUT2D eigenvalue weighted by Gasteiger charge is -2.37. The van der Waals surface area contributed by atoms with E-state index < -0.39 is 0 Å². The zero-order valence-corrected chi connectivity index (χ0v) is 17.0. The Hall–Kier alpha value is -3.18. The average molecular weight is 402 g/mol. The Morgan fingerprint density at radius 1 is 0.767 bits per heavy atom. The van der Waals surface area contributed by atoms with Gasteiger partial charge in [-0.25, -0.2) is 0 Å². The molecule has 0 aromatic heterocycles. The maximum atomic E-state index is 10.9. The minimum atomic E-state index is 0.383. The second-order valence-corrected chi connectivity index (χ2v) is 7.74. The topological polar surface area (TPSA) is 45.2 Å². The third-order valence-corrected chi connectivity index (χ3v) is 5.86. The lowest BCUT2D eigenvalue weighted by molar-refractivity contribution is 0.171. The Labute approximate surface area is 177 Å². The van der Waals surface area contributed by atoms with Gasteiger partial charge in [0, 0.05) is 43.9 Å². The van der Waals surface area contributed by atoms with Crippen molar-refractivity contribution >= 4 is 5.69 Å². The highest BCUT2D eigenvalue weighted by atomic mass is 16.6. The molecular formula is C25H26N2O3. The van der Waals surface area contributed by atoms with Crippen LogP contribution < -0.4 is 14.4 Å². The standard InChI is InChI=1S/C25H26N2O3/c28-24-20(8-4-9-21(24)19-6-2-1-3-7-19)18-26-12-14-27(15-13-26)22-10-5-11-23-25(22)30-17-16-29-23/h1-11,28H,12-18H2. The van der Waals surface area contributed by atoms with E-state index in [0.29, 0.717) is 19.0 Å². The van der Waals surface area contributed by atoms with Crippen LogP contribution in [0.25, 0.3) is 11.1 Å². The second kappa shape index (κ2) is 8.28. The predicted octanol–water partition coefficient (Wildman–Crippen LogP) is 4.15. The number of phenols is 1. The number of hydrogen-bond acceptors (Lipinski definition) is 5. The van der Waals surface area contributed by atoms with Crippen molar-refractivity contribution in [2.24, 2.45) is 0 Å². The van der Waals surface area contributed by atoms with Crippen LogP contribution in [0.4, 0.5) is 5.69 Å². The molecule has 5 heteroatoms. The molecule has 154 valence electrons. The van der Waals surface area contributed by atoms with Crippen LogP contribution in [0.3, 0.4) is 0 Å². The molecule has 2 aliphatic heterocycles. The van der Waals surface area contributed by atoms with Crippen LogP contribution in [0.15, 0.2) is 66.7 Å². The summed E-state index contributed by atoms with van der Waals surface area (Å²) in [6.45, 7) is 5.64. The Balaban J connectivity index is 1.28. The van der Waals surface area contributed by atoms with E-state index in [-0.39, 0.29) is 0 Å². The van der Waals surface area contributed by atoms with Crippen LogP contribution in [0.5, 0.6) is 17.2 Å². The molecule has 3 aromatic rings. The number of anilines is 1. The summed E-state index contributed by atoms with van der Waals surface area (Å²) in [5.41, 5.74) is 4.01. The summed E-state index contributed by atoms with van der Waals surface area (Å²) in [4.78, 5) is 4.76. The Morgan fingerprint density at radius 2 is 1.53 bits per heavy atom. The zero-order chi connectivity index (χ0) is 20.3. The van der Waals surface area contributed by atoms with E-state index >= 15 is 0 Å². The molecular weight excluding hydrogens is 376 g/mol. The van der Waals surface area contributed by atoms with E-state index in [2.05, 4.69) is 15.9 Å². The van der Waals surface area contributed by atoms with Crippen molar-refractivity contribution in [3.8, 4) is 28.4 Å². The van der Waals surface area contributed by atoms with Crippen LogP contribution in [0.1, 0.15) is 5.56 Å².